The largest absolute Gasteiger partial charge is 0.338 e. The van der Waals surface area contributed by atoms with Crippen molar-refractivity contribution in [2.75, 3.05) is 5.75 Å². The van der Waals surface area contributed by atoms with E-state index in [0.717, 1.165) is 22.8 Å². The number of nitrogens with zero attached hydrogens (tertiary/aromatic N) is 2. The second kappa shape index (κ2) is 6.18. The lowest BCUT2D eigenvalue weighted by molar-refractivity contribution is 0.392. The van der Waals surface area contributed by atoms with Gasteiger partial charge in [0.15, 0.2) is 0 Å². The number of hydrogen-bond acceptors (Lipinski definition) is 6. The van der Waals surface area contributed by atoms with Gasteiger partial charge >= 0.3 is 0 Å². The van der Waals surface area contributed by atoms with Crippen LogP contribution in [0.3, 0.4) is 0 Å². The number of aromatic nitrogens is 2. The number of nitrogens with two attached hydrogens (primary N) is 1. The van der Waals surface area contributed by atoms with Gasteiger partial charge in [-0.05, 0) is 30.5 Å². The lowest BCUT2D eigenvalue weighted by atomic mass is 10.3. The second-order valence-corrected chi connectivity index (χ2v) is 5.86. The molecule has 0 radical (unpaired) electrons. The third-order valence-corrected chi connectivity index (χ3v) is 3.99. The predicted molar refractivity (Wildman–Crippen MR) is 72.0 cm³/mol. The van der Waals surface area contributed by atoms with Crippen molar-refractivity contribution >= 4 is 23.1 Å². The van der Waals surface area contributed by atoms with Crippen LogP contribution in [0.5, 0.6) is 0 Å². The molecule has 0 fully saturated rings. The van der Waals surface area contributed by atoms with Crippen LogP contribution in [0.1, 0.15) is 19.2 Å². The molecule has 0 aromatic carbocycles. The first kappa shape index (κ1) is 12.6. The third-order valence-electron chi connectivity index (χ3n) is 2.15. The van der Waals surface area contributed by atoms with Crippen LogP contribution in [0.15, 0.2) is 22.0 Å². The van der Waals surface area contributed by atoms with Crippen molar-refractivity contribution < 1.29 is 4.52 Å². The molecule has 2 N–H and O–H groups in total. The van der Waals surface area contributed by atoms with Crippen LogP contribution in [0.4, 0.5) is 0 Å². The number of hydrogen-bond donors (Lipinski definition) is 1. The number of thiophene rings is 1. The summed E-state index contributed by atoms with van der Waals surface area (Å²) in [6.07, 6.45) is 1.01. The van der Waals surface area contributed by atoms with E-state index >= 15 is 0 Å². The Labute approximate surface area is 109 Å². The van der Waals surface area contributed by atoms with Crippen LogP contribution >= 0.6 is 23.1 Å². The molecule has 0 aliphatic rings. The molecule has 0 spiro atoms. The van der Waals surface area contributed by atoms with Gasteiger partial charge in [-0.1, -0.05) is 11.2 Å². The maximum absolute atomic E-state index is 5.68. The van der Waals surface area contributed by atoms with Crippen LogP contribution in [-0.4, -0.2) is 21.9 Å². The molecule has 1 unspecified atom stereocenters. The van der Waals surface area contributed by atoms with Crippen molar-refractivity contribution in [1.82, 2.24) is 10.1 Å². The van der Waals surface area contributed by atoms with Gasteiger partial charge in [-0.3, -0.25) is 0 Å². The molecule has 2 aromatic rings. The van der Waals surface area contributed by atoms with E-state index in [1.807, 2.05) is 24.4 Å². The van der Waals surface area contributed by atoms with E-state index in [-0.39, 0.29) is 6.04 Å². The fraction of sp³-hybridized carbons (Fsp3) is 0.455. The van der Waals surface area contributed by atoms with Crippen LogP contribution < -0.4 is 5.73 Å². The highest BCUT2D eigenvalue weighted by atomic mass is 32.2. The summed E-state index contributed by atoms with van der Waals surface area (Å²) in [7, 11) is 0. The summed E-state index contributed by atoms with van der Waals surface area (Å²) in [6, 6.07) is 4.22. The lowest BCUT2D eigenvalue weighted by Gasteiger charge is -2.01. The first-order valence-electron chi connectivity index (χ1n) is 5.45. The molecule has 0 aliphatic carbocycles. The molecule has 4 nitrogen and oxygen atoms in total. The molecule has 1 atom stereocenters. The van der Waals surface area contributed by atoms with Crippen molar-refractivity contribution in [1.29, 1.82) is 0 Å². The standard InChI is InChI=1S/C11H15N3OS2/c1-8(12)4-6-16-7-10-13-11(14-15-10)9-3-2-5-17-9/h2-3,5,8H,4,6-7,12H2,1H3. The van der Waals surface area contributed by atoms with Gasteiger partial charge in [-0.15, -0.1) is 11.3 Å². The zero-order valence-corrected chi connectivity index (χ0v) is 11.3. The maximum Gasteiger partial charge on any atom is 0.236 e. The van der Waals surface area contributed by atoms with E-state index in [1.165, 1.54) is 0 Å². The summed E-state index contributed by atoms with van der Waals surface area (Å²) in [5.41, 5.74) is 5.68. The van der Waals surface area contributed by atoms with Gasteiger partial charge < -0.3 is 10.3 Å². The smallest absolute Gasteiger partial charge is 0.236 e. The summed E-state index contributed by atoms with van der Waals surface area (Å²) < 4.78 is 5.19. The van der Waals surface area contributed by atoms with E-state index in [0.29, 0.717) is 11.7 Å². The number of rotatable bonds is 6. The Morgan fingerprint density at radius 1 is 1.59 bits per heavy atom. The van der Waals surface area contributed by atoms with Crippen LogP contribution in [0.2, 0.25) is 0 Å². The van der Waals surface area contributed by atoms with Gasteiger partial charge in [0, 0.05) is 6.04 Å². The first-order chi connectivity index (χ1) is 8.25. The molecule has 0 saturated heterocycles. The van der Waals surface area contributed by atoms with Crippen molar-refractivity contribution in [3.8, 4) is 10.7 Å². The van der Waals surface area contributed by atoms with Gasteiger partial charge in [0.25, 0.3) is 0 Å². The molecule has 2 aromatic heterocycles. The molecule has 2 heterocycles. The van der Waals surface area contributed by atoms with Gasteiger partial charge in [0.2, 0.25) is 11.7 Å². The molecule has 2 rings (SSSR count). The van der Waals surface area contributed by atoms with Gasteiger partial charge in [0.1, 0.15) is 0 Å². The van der Waals surface area contributed by atoms with Crippen molar-refractivity contribution in [2.24, 2.45) is 5.73 Å². The Morgan fingerprint density at radius 3 is 3.18 bits per heavy atom. The summed E-state index contributed by atoms with van der Waals surface area (Å²) in [5, 5.41) is 5.96. The highest BCUT2D eigenvalue weighted by molar-refractivity contribution is 7.98. The molecule has 0 bridgehead atoms. The maximum atomic E-state index is 5.68. The lowest BCUT2D eigenvalue weighted by Crippen LogP contribution is -2.15. The minimum absolute atomic E-state index is 0.256. The van der Waals surface area contributed by atoms with Gasteiger partial charge in [-0.25, -0.2) is 0 Å². The molecule has 0 aliphatic heterocycles. The predicted octanol–water partition coefficient (Wildman–Crippen LogP) is 2.77. The van der Waals surface area contributed by atoms with E-state index in [9.17, 15) is 0 Å². The van der Waals surface area contributed by atoms with Crippen molar-refractivity contribution in [2.45, 2.75) is 25.1 Å². The third kappa shape index (κ3) is 3.83. The molecular formula is C11H15N3OS2. The zero-order valence-electron chi connectivity index (χ0n) is 9.63. The molecule has 0 saturated carbocycles. The fourth-order valence-corrected chi connectivity index (χ4v) is 2.87. The Kier molecular flexibility index (Phi) is 4.58. The van der Waals surface area contributed by atoms with Crippen molar-refractivity contribution in [3.63, 3.8) is 0 Å². The van der Waals surface area contributed by atoms with Gasteiger partial charge in [0.05, 0.1) is 10.6 Å². The SMILES string of the molecule is CC(N)CCSCc1nc(-c2cccs2)no1. The van der Waals surface area contributed by atoms with E-state index < -0.39 is 0 Å². The molecule has 92 valence electrons. The second-order valence-electron chi connectivity index (χ2n) is 3.81. The normalized spacial score (nSPS) is 12.8. The quantitative estimate of drug-likeness (QED) is 0.817. The Bertz CT molecular complexity index is 439. The monoisotopic (exact) mass is 269 g/mol. The van der Waals surface area contributed by atoms with E-state index in [1.54, 1.807) is 23.1 Å². The number of thioether (sulfide) groups is 1. The van der Waals surface area contributed by atoms with Crippen LogP contribution in [0, 0.1) is 0 Å². The average molecular weight is 269 g/mol. The minimum atomic E-state index is 0.256. The topological polar surface area (TPSA) is 64.9 Å². The highest BCUT2D eigenvalue weighted by Gasteiger charge is 2.09. The molecule has 0 amide bonds. The van der Waals surface area contributed by atoms with Crippen LogP contribution in [-0.2, 0) is 5.75 Å². The summed E-state index contributed by atoms with van der Waals surface area (Å²) in [6.45, 7) is 2.02. The van der Waals surface area contributed by atoms with Crippen molar-refractivity contribution in [3.05, 3.63) is 23.4 Å². The van der Waals surface area contributed by atoms with E-state index in [2.05, 4.69) is 10.1 Å². The average Bonchev–Trinajstić information content (AvgIpc) is 2.94. The van der Waals surface area contributed by atoms with E-state index in [4.69, 9.17) is 10.3 Å². The summed E-state index contributed by atoms with van der Waals surface area (Å²) in [5.74, 6) is 3.14. The van der Waals surface area contributed by atoms with Gasteiger partial charge in [-0.2, -0.15) is 16.7 Å². The Hall–Kier alpha value is -0.850. The first-order valence-corrected chi connectivity index (χ1v) is 7.49. The molecular weight excluding hydrogens is 254 g/mol. The fourth-order valence-electron chi connectivity index (χ4n) is 1.25. The summed E-state index contributed by atoms with van der Waals surface area (Å²) >= 11 is 3.39. The Balaban J connectivity index is 1.83. The molecule has 6 heteroatoms. The summed E-state index contributed by atoms with van der Waals surface area (Å²) in [4.78, 5) is 5.39. The Morgan fingerprint density at radius 2 is 2.47 bits per heavy atom. The zero-order chi connectivity index (χ0) is 12.1. The molecule has 17 heavy (non-hydrogen) atoms. The highest BCUT2D eigenvalue weighted by Crippen LogP contribution is 2.22. The minimum Gasteiger partial charge on any atom is -0.338 e. The van der Waals surface area contributed by atoms with Crippen LogP contribution in [0.25, 0.3) is 10.7 Å².